The smallest absolute Gasteiger partial charge is 0.234 e. The predicted molar refractivity (Wildman–Crippen MR) is 59.7 cm³/mol. The summed E-state index contributed by atoms with van der Waals surface area (Å²) in [6.45, 7) is 6.34. The van der Waals surface area contributed by atoms with E-state index in [1.165, 1.54) is 0 Å². The van der Waals surface area contributed by atoms with E-state index < -0.39 is 0 Å². The number of amides is 1. The molecule has 1 aliphatic rings. The van der Waals surface area contributed by atoms with E-state index in [9.17, 15) is 4.79 Å². The summed E-state index contributed by atoms with van der Waals surface area (Å²) in [5.41, 5.74) is 0. The second-order valence-corrected chi connectivity index (χ2v) is 4.18. The van der Waals surface area contributed by atoms with Gasteiger partial charge in [-0.3, -0.25) is 9.69 Å². The van der Waals surface area contributed by atoms with E-state index in [0.29, 0.717) is 26.1 Å². The van der Waals surface area contributed by atoms with Crippen LogP contribution < -0.4 is 5.32 Å². The molecular weight excluding hydrogens is 206 g/mol. The summed E-state index contributed by atoms with van der Waals surface area (Å²) in [6.07, 6.45) is 0.545. The molecule has 1 rings (SSSR count). The summed E-state index contributed by atoms with van der Waals surface area (Å²) in [7, 11) is 0. The van der Waals surface area contributed by atoms with E-state index in [-0.39, 0.29) is 18.1 Å². The van der Waals surface area contributed by atoms with Gasteiger partial charge in [-0.25, -0.2) is 0 Å². The number of hydrogen-bond acceptors (Lipinski definition) is 4. The number of nitriles is 1. The lowest BCUT2D eigenvalue weighted by molar-refractivity contribution is -0.125. The SMILES string of the molecule is C[C@@H]1CN(CC(=O)NCCC#N)[C@H](C)CO1. The molecule has 0 saturated carbocycles. The number of carbonyl (C=O) groups excluding carboxylic acids is 1. The third-order valence-electron chi connectivity index (χ3n) is 2.64. The molecule has 0 aromatic carbocycles. The number of hydrogen-bond donors (Lipinski definition) is 1. The van der Waals surface area contributed by atoms with E-state index in [4.69, 9.17) is 10.00 Å². The van der Waals surface area contributed by atoms with Gasteiger partial charge in [-0.1, -0.05) is 0 Å². The van der Waals surface area contributed by atoms with Gasteiger partial charge in [0.15, 0.2) is 0 Å². The third-order valence-corrected chi connectivity index (χ3v) is 2.64. The van der Waals surface area contributed by atoms with Gasteiger partial charge in [-0.2, -0.15) is 5.26 Å². The molecule has 1 N–H and O–H groups in total. The molecule has 1 aliphatic heterocycles. The van der Waals surface area contributed by atoms with E-state index in [1.807, 2.05) is 13.0 Å². The van der Waals surface area contributed by atoms with Gasteiger partial charge in [-0.15, -0.1) is 0 Å². The molecule has 90 valence electrons. The molecule has 1 heterocycles. The zero-order valence-corrected chi connectivity index (χ0v) is 9.90. The van der Waals surface area contributed by atoms with Crippen LogP contribution in [0.1, 0.15) is 20.3 Å². The van der Waals surface area contributed by atoms with E-state index in [1.54, 1.807) is 0 Å². The molecule has 5 heteroatoms. The fraction of sp³-hybridized carbons (Fsp3) is 0.818. The lowest BCUT2D eigenvalue weighted by atomic mass is 10.2. The summed E-state index contributed by atoms with van der Waals surface area (Å²) in [5.74, 6) is -0.0174. The Hall–Kier alpha value is -1.12. The summed E-state index contributed by atoms with van der Waals surface area (Å²) in [6, 6.07) is 2.27. The van der Waals surface area contributed by atoms with Crippen molar-refractivity contribution in [2.45, 2.75) is 32.4 Å². The Morgan fingerprint density at radius 2 is 2.38 bits per heavy atom. The maximum atomic E-state index is 11.5. The van der Waals surface area contributed by atoms with Crippen molar-refractivity contribution in [1.29, 1.82) is 5.26 Å². The molecule has 1 amide bonds. The number of morpholine rings is 1. The van der Waals surface area contributed by atoms with Crippen molar-refractivity contribution in [3.05, 3.63) is 0 Å². The van der Waals surface area contributed by atoms with Gasteiger partial charge < -0.3 is 10.1 Å². The topological polar surface area (TPSA) is 65.4 Å². The van der Waals surface area contributed by atoms with Crippen LogP contribution in [0.5, 0.6) is 0 Å². The second-order valence-electron chi connectivity index (χ2n) is 4.18. The van der Waals surface area contributed by atoms with Gasteiger partial charge in [0.05, 0.1) is 31.7 Å². The molecule has 2 atom stereocenters. The first-order valence-electron chi connectivity index (χ1n) is 5.62. The van der Waals surface area contributed by atoms with Gasteiger partial charge in [0, 0.05) is 19.1 Å². The van der Waals surface area contributed by atoms with Crippen molar-refractivity contribution in [2.75, 3.05) is 26.2 Å². The maximum absolute atomic E-state index is 11.5. The van der Waals surface area contributed by atoms with Crippen LogP contribution >= 0.6 is 0 Å². The first-order valence-corrected chi connectivity index (χ1v) is 5.62. The standard InChI is InChI=1S/C11H19N3O2/c1-9-8-16-10(2)6-14(9)7-11(15)13-5-3-4-12/h9-10H,3,5-8H2,1-2H3,(H,13,15)/t9-,10-/m1/s1. The van der Waals surface area contributed by atoms with Crippen LogP contribution in [0.2, 0.25) is 0 Å². The molecular formula is C11H19N3O2. The van der Waals surface area contributed by atoms with Crippen molar-refractivity contribution >= 4 is 5.91 Å². The minimum absolute atomic E-state index is 0.0174. The van der Waals surface area contributed by atoms with Crippen LogP contribution in [0.4, 0.5) is 0 Å². The number of carbonyl (C=O) groups is 1. The average molecular weight is 225 g/mol. The highest BCUT2D eigenvalue weighted by molar-refractivity contribution is 5.78. The fourth-order valence-corrected chi connectivity index (χ4v) is 1.69. The van der Waals surface area contributed by atoms with Gasteiger partial charge in [0.25, 0.3) is 0 Å². The van der Waals surface area contributed by atoms with Gasteiger partial charge in [0.2, 0.25) is 5.91 Å². The minimum atomic E-state index is -0.0174. The Kier molecular flexibility index (Phi) is 5.23. The third kappa shape index (κ3) is 4.17. The molecule has 1 fully saturated rings. The number of nitrogens with zero attached hydrogens (tertiary/aromatic N) is 2. The van der Waals surface area contributed by atoms with Gasteiger partial charge >= 0.3 is 0 Å². The predicted octanol–water partition coefficient (Wildman–Crippen LogP) is 0.125. The van der Waals surface area contributed by atoms with Crippen LogP contribution in [-0.2, 0) is 9.53 Å². The summed E-state index contributed by atoms with van der Waals surface area (Å²) >= 11 is 0. The maximum Gasteiger partial charge on any atom is 0.234 e. The van der Waals surface area contributed by atoms with Crippen molar-refractivity contribution in [3.8, 4) is 6.07 Å². The Morgan fingerprint density at radius 3 is 3.06 bits per heavy atom. The van der Waals surface area contributed by atoms with E-state index >= 15 is 0 Å². The summed E-state index contributed by atoms with van der Waals surface area (Å²) in [4.78, 5) is 13.6. The first-order chi connectivity index (χ1) is 7.63. The Bertz CT molecular complexity index is 275. The van der Waals surface area contributed by atoms with Crippen LogP contribution in [0, 0.1) is 11.3 Å². The molecule has 0 aromatic rings. The summed E-state index contributed by atoms with van der Waals surface area (Å²) < 4.78 is 5.48. The number of nitrogens with one attached hydrogen (secondary N) is 1. The normalized spacial score (nSPS) is 26.1. The highest BCUT2D eigenvalue weighted by Gasteiger charge is 2.24. The molecule has 5 nitrogen and oxygen atoms in total. The fourth-order valence-electron chi connectivity index (χ4n) is 1.69. The van der Waals surface area contributed by atoms with Crippen molar-refractivity contribution < 1.29 is 9.53 Å². The highest BCUT2D eigenvalue weighted by Crippen LogP contribution is 2.10. The van der Waals surface area contributed by atoms with Gasteiger partial charge in [-0.05, 0) is 13.8 Å². The lowest BCUT2D eigenvalue weighted by Gasteiger charge is -2.36. The quantitative estimate of drug-likeness (QED) is 0.690. The molecule has 0 spiro atoms. The molecule has 1 saturated heterocycles. The first kappa shape index (κ1) is 12.9. The summed E-state index contributed by atoms with van der Waals surface area (Å²) in [5, 5.41) is 11.1. The monoisotopic (exact) mass is 225 g/mol. The zero-order chi connectivity index (χ0) is 12.0. The van der Waals surface area contributed by atoms with E-state index in [0.717, 1.165) is 6.54 Å². The largest absolute Gasteiger partial charge is 0.376 e. The van der Waals surface area contributed by atoms with Crippen molar-refractivity contribution in [1.82, 2.24) is 10.2 Å². The molecule has 16 heavy (non-hydrogen) atoms. The molecule has 0 bridgehead atoms. The zero-order valence-electron chi connectivity index (χ0n) is 9.90. The van der Waals surface area contributed by atoms with Crippen LogP contribution in [0.25, 0.3) is 0 Å². The Balaban J connectivity index is 2.29. The Labute approximate surface area is 96.4 Å². The molecule has 0 aromatic heterocycles. The molecule has 0 unspecified atom stereocenters. The average Bonchev–Trinajstić information content (AvgIpc) is 2.24. The van der Waals surface area contributed by atoms with Gasteiger partial charge in [0.1, 0.15) is 0 Å². The lowest BCUT2D eigenvalue weighted by Crippen LogP contribution is -2.51. The van der Waals surface area contributed by atoms with Crippen molar-refractivity contribution in [3.63, 3.8) is 0 Å². The van der Waals surface area contributed by atoms with Crippen LogP contribution in [0.3, 0.4) is 0 Å². The van der Waals surface area contributed by atoms with Crippen LogP contribution in [0.15, 0.2) is 0 Å². The van der Waals surface area contributed by atoms with Crippen LogP contribution in [-0.4, -0.2) is 49.2 Å². The highest BCUT2D eigenvalue weighted by atomic mass is 16.5. The molecule has 0 radical (unpaired) electrons. The van der Waals surface area contributed by atoms with E-state index in [2.05, 4.69) is 17.1 Å². The second kappa shape index (κ2) is 6.46. The Morgan fingerprint density at radius 1 is 1.62 bits per heavy atom. The number of rotatable bonds is 4. The molecule has 0 aliphatic carbocycles. The minimum Gasteiger partial charge on any atom is -0.376 e. The van der Waals surface area contributed by atoms with Crippen molar-refractivity contribution in [2.24, 2.45) is 0 Å². The number of ether oxygens (including phenoxy) is 1.